The number of carbonyl (C=O) groups is 2. The summed E-state index contributed by atoms with van der Waals surface area (Å²) in [5.74, 6) is -1.46. The van der Waals surface area contributed by atoms with E-state index in [-0.39, 0.29) is 18.4 Å². The molecule has 0 spiro atoms. The molecule has 2 rings (SSSR count). The van der Waals surface area contributed by atoms with Gasteiger partial charge in [-0.1, -0.05) is 35.8 Å². The van der Waals surface area contributed by atoms with Crippen LogP contribution in [0.1, 0.15) is 30.6 Å². The van der Waals surface area contributed by atoms with Crippen LogP contribution in [0.15, 0.2) is 28.9 Å². The van der Waals surface area contributed by atoms with Gasteiger partial charge in [-0.05, 0) is 24.5 Å². The number of carboxylic acids is 1. The minimum atomic E-state index is -0.880. The Morgan fingerprint density at radius 3 is 2.73 bits per heavy atom. The smallest absolute Gasteiger partial charge is 0.308 e. The van der Waals surface area contributed by atoms with Crippen molar-refractivity contribution in [1.82, 2.24) is 10.3 Å². The van der Waals surface area contributed by atoms with Gasteiger partial charge in [0.15, 0.2) is 0 Å². The number of carboxylic acid groups (broad SMARTS) is 1. The second kappa shape index (κ2) is 6.96. The van der Waals surface area contributed by atoms with E-state index in [9.17, 15) is 14.7 Å². The quantitative estimate of drug-likeness (QED) is 0.732. The van der Waals surface area contributed by atoms with Gasteiger partial charge in [-0.2, -0.15) is 0 Å². The van der Waals surface area contributed by atoms with E-state index < -0.39 is 11.9 Å². The van der Waals surface area contributed by atoms with E-state index in [1.165, 1.54) is 0 Å². The molecule has 0 saturated heterocycles. The fraction of sp³-hybridized carbons (Fsp3) is 0.375. The molecular weight excluding hydrogens is 348 g/mol. The van der Waals surface area contributed by atoms with E-state index in [2.05, 4.69) is 26.2 Å². The van der Waals surface area contributed by atoms with Gasteiger partial charge >= 0.3 is 5.97 Å². The highest BCUT2D eigenvalue weighted by Gasteiger charge is 2.21. The highest BCUT2D eigenvalue weighted by atomic mass is 79.9. The van der Waals surface area contributed by atoms with Gasteiger partial charge in [0.1, 0.15) is 0 Å². The summed E-state index contributed by atoms with van der Waals surface area (Å²) in [6, 6.07) is 5.63. The van der Waals surface area contributed by atoms with Crippen LogP contribution < -0.4 is 5.32 Å². The Hall–Kier alpha value is -1.82. The molecule has 0 radical (unpaired) electrons. The number of hydrogen-bond donors (Lipinski definition) is 3. The van der Waals surface area contributed by atoms with Crippen molar-refractivity contribution in [2.75, 3.05) is 6.54 Å². The number of benzene rings is 1. The number of fused-ring (bicyclic) bond motifs is 1. The van der Waals surface area contributed by atoms with E-state index in [0.29, 0.717) is 12.0 Å². The van der Waals surface area contributed by atoms with Gasteiger partial charge in [0, 0.05) is 28.1 Å². The van der Waals surface area contributed by atoms with Crippen molar-refractivity contribution in [3.63, 3.8) is 0 Å². The van der Waals surface area contributed by atoms with Gasteiger partial charge in [0.25, 0.3) is 5.91 Å². The van der Waals surface area contributed by atoms with E-state index in [4.69, 9.17) is 0 Å². The lowest BCUT2D eigenvalue weighted by Gasteiger charge is -2.15. The number of halogens is 1. The molecule has 0 saturated carbocycles. The van der Waals surface area contributed by atoms with E-state index in [1.54, 1.807) is 6.20 Å². The van der Waals surface area contributed by atoms with Gasteiger partial charge in [0.05, 0.1) is 11.5 Å². The molecule has 118 valence electrons. The van der Waals surface area contributed by atoms with Gasteiger partial charge < -0.3 is 15.4 Å². The summed E-state index contributed by atoms with van der Waals surface area (Å²) in [6.07, 6.45) is 2.18. The molecular formula is C16H19BrN2O3. The molecule has 2 aromatic rings. The van der Waals surface area contributed by atoms with Gasteiger partial charge in [0.2, 0.25) is 0 Å². The average Bonchev–Trinajstić information content (AvgIpc) is 2.88. The predicted octanol–water partition coefficient (Wildman–Crippen LogP) is 3.41. The summed E-state index contributed by atoms with van der Waals surface area (Å²) in [5, 5.41) is 12.7. The molecule has 1 aromatic heterocycles. The summed E-state index contributed by atoms with van der Waals surface area (Å²) < 4.78 is 0.827. The van der Waals surface area contributed by atoms with Crippen LogP contribution in [0.25, 0.3) is 10.9 Å². The molecule has 1 unspecified atom stereocenters. The first kappa shape index (κ1) is 16.5. The maximum atomic E-state index is 12.3. The molecule has 0 bridgehead atoms. The number of aliphatic carboxylic acids is 1. The average molecular weight is 367 g/mol. The monoisotopic (exact) mass is 366 g/mol. The Kier molecular flexibility index (Phi) is 5.24. The van der Waals surface area contributed by atoms with Crippen LogP contribution in [0.2, 0.25) is 0 Å². The number of H-pyrrole nitrogens is 1. The van der Waals surface area contributed by atoms with Gasteiger partial charge in [-0.3, -0.25) is 9.59 Å². The summed E-state index contributed by atoms with van der Waals surface area (Å²) >= 11 is 3.44. The standard InChI is InChI=1S/C16H19BrN2O3/c1-9(2)6-10(16(21)22)7-19-15(20)11-8-18-13-5-3-4-12(17)14(11)13/h3-5,8-10,18H,6-7H2,1-2H3,(H,19,20)(H,21,22). The van der Waals surface area contributed by atoms with Crippen molar-refractivity contribution in [3.8, 4) is 0 Å². The van der Waals surface area contributed by atoms with Crippen molar-refractivity contribution < 1.29 is 14.7 Å². The predicted molar refractivity (Wildman–Crippen MR) is 88.9 cm³/mol. The van der Waals surface area contributed by atoms with Crippen LogP contribution in [0.5, 0.6) is 0 Å². The largest absolute Gasteiger partial charge is 0.481 e. The van der Waals surface area contributed by atoms with Crippen LogP contribution in [-0.4, -0.2) is 28.5 Å². The topological polar surface area (TPSA) is 82.2 Å². The molecule has 1 amide bonds. The maximum absolute atomic E-state index is 12.3. The lowest BCUT2D eigenvalue weighted by atomic mass is 9.97. The van der Waals surface area contributed by atoms with E-state index in [1.807, 2.05) is 32.0 Å². The molecule has 6 heteroatoms. The van der Waals surface area contributed by atoms with E-state index in [0.717, 1.165) is 15.4 Å². The van der Waals surface area contributed by atoms with Gasteiger partial charge in [-0.25, -0.2) is 0 Å². The summed E-state index contributed by atoms with van der Waals surface area (Å²) in [4.78, 5) is 26.6. The zero-order valence-electron chi connectivity index (χ0n) is 12.5. The van der Waals surface area contributed by atoms with Crippen molar-refractivity contribution >= 4 is 38.7 Å². The Morgan fingerprint density at radius 1 is 1.36 bits per heavy atom. The first-order valence-corrected chi connectivity index (χ1v) is 7.96. The Balaban J connectivity index is 2.12. The van der Waals surface area contributed by atoms with Crippen molar-refractivity contribution in [1.29, 1.82) is 0 Å². The zero-order chi connectivity index (χ0) is 16.3. The number of amides is 1. The maximum Gasteiger partial charge on any atom is 0.308 e. The Bertz CT molecular complexity index is 694. The van der Waals surface area contributed by atoms with Crippen molar-refractivity contribution in [2.45, 2.75) is 20.3 Å². The van der Waals surface area contributed by atoms with Crippen LogP contribution in [0, 0.1) is 11.8 Å². The minimum absolute atomic E-state index is 0.128. The first-order chi connectivity index (χ1) is 10.4. The fourth-order valence-corrected chi connectivity index (χ4v) is 3.05. The number of nitrogens with one attached hydrogen (secondary N) is 2. The van der Waals surface area contributed by atoms with Gasteiger partial charge in [-0.15, -0.1) is 0 Å². The van der Waals surface area contributed by atoms with Crippen LogP contribution >= 0.6 is 15.9 Å². The molecule has 5 nitrogen and oxygen atoms in total. The van der Waals surface area contributed by atoms with E-state index >= 15 is 0 Å². The van der Waals surface area contributed by atoms with Crippen molar-refractivity contribution in [3.05, 3.63) is 34.4 Å². The lowest BCUT2D eigenvalue weighted by Crippen LogP contribution is -2.33. The van der Waals surface area contributed by atoms with Crippen molar-refractivity contribution in [2.24, 2.45) is 11.8 Å². The molecule has 0 aliphatic heterocycles. The highest BCUT2D eigenvalue weighted by Crippen LogP contribution is 2.26. The second-order valence-electron chi connectivity index (χ2n) is 5.74. The summed E-state index contributed by atoms with van der Waals surface area (Å²) in [7, 11) is 0. The number of aromatic nitrogens is 1. The molecule has 0 aliphatic carbocycles. The number of aromatic amines is 1. The first-order valence-electron chi connectivity index (χ1n) is 7.16. The molecule has 3 N–H and O–H groups in total. The molecule has 1 atom stereocenters. The number of hydrogen-bond acceptors (Lipinski definition) is 2. The Morgan fingerprint density at radius 2 is 2.09 bits per heavy atom. The fourth-order valence-electron chi connectivity index (χ4n) is 2.47. The molecule has 22 heavy (non-hydrogen) atoms. The minimum Gasteiger partial charge on any atom is -0.481 e. The summed E-state index contributed by atoms with van der Waals surface area (Å²) in [6.45, 7) is 4.06. The van der Waals surface area contributed by atoms with Crippen LogP contribution in [-0.2, 0) is 4.79 Å². The highest BCUT2D eigenvalue weighted by molar-refractivity contribution is 9.10. The third kappa shape index (κ3) is 3.68. The third-order valence-electron chi connectivity index (χ3n) is 3.51. The molecule has 1 aromatic carbocycles. The lowest BCUT2D eigenvalue weighted by molar-refractivity contribution is -0.142. The number of carbonyl (C=O) groups excluding carboxylic acids is 1. The third-order valence-corrected chi connectivity index (χ3v) is 4.17. The molecule has 0 aliphatic rings. The normalized spacial score (nSPS) is 12.5. The second-order valence-corrected chi connectivity index (χ2v) is 6.59. The van der Waals surface area contributed by atoms with Crippen LogP contribution in [0.3, 0.4) is 0 Å². The molecule has 0 fully saturated rings. The summed E-state index contributed by atoms with van der Waals surface area (Å²) in [5.41, 5.74) is 1.37. The Labute approximate surface area is 137 Å². The number of rotatable bonds is 6. The zero-order valence-corrected chi connectivity index (χ0v) is 14.1. The van der Waals surface area contributed by atoms with Crippen LogP contribution in [0.4, 0.5) is 0 Å². The SMILES string of the molecule is CC(C)CC(CNC(=O)c1c[nH]c2cccc(Br)c12)C(=O)O. The molecule has 1 heterocycles.